The Balaban J connectivity index is 1.74. The molecular weight excluding hydrogens is 216 g/mol. The summed E-state index contributed by atoms with van der Waals surface area (Å²) in [5, 5.41) is 21.7. The number of nitrogens with one attached hydrogen (secondary N) is 1. The van der Waals surface area contributed by atoms with Gasteiger partial charge >= 0.3 is 0 Å². The Bertz CT molecular complexity index is 384. The molecule has 3 heterocycles. The van der Waals surface area contributed by atoms with Gasteiger partial charge in [-0.3, -0.25) is 0 Å². The first-order valence-corrected chi connectivity index (χ1v) is 6.65. The third kappa shape index (κ3) is 2.21. The fraction of sp³-hybridized carbons (Fsp3) is 0.833. The third-order valence-corrected chi connectivity index (χ3v) is 3.88. The van der Waals surface area contributed by atoms with Crippen LogP contribution in [0.3, 0.4) is 0 Å². The quantitative estimate of drug-likeness (QED) is 0.791. The summed E-state index contributed by atoms with van der Waals surface area (Å²) in [4.78, 5) is 0. The van der Waals surface area contributed by atoms with Crippen molar-refractivity contribution in [1.82, 2.24) is 20.1 Å². The van der Waals surface area contributed by atoms with Crippen LogP contribution in [0.15, 0.2) is 0 Å². The van der Waals surface area contributed by atoms with Crippen molar-refractivity contribution in [2.75, 3.05) is 13.1 Å². The van der Waals surface area contributed by atoms with Crippen molar-refractivity contribution >= 4 is 0 Å². The van der Waals surface area contributed by atoms with E-state index in [0.29, 0.717) is 5.92 Å². The highest BCUT2D eigenvalue weighted by Crippen LogP contribution is 2.25. The first-order valence-electron chi connectivity index (χ1n) is 6.65. The first kappa shape index (κ1) is 11.2. The van der Waals surface area contributed by atoms with Gasteiger partial charge in [0.05, 0.1) is 0 Å². The lowest BCUT2D eigenvalue weighted by atomic mass is 9.96. The predicted molar refractivity (Wildman–Crippen MR) is 63.5 cm³/mol. The van der Waals surface area contributed by atoms with E-state index >= 15 is 0 Å². The molecule has 0 amide bonds. The number of nitrogens with zero attached hydrogens (tertiary/aromatic N) is 3. The van der Waals surface area contributed by atoms with Crippen LogP contribution >= 0.6 is 0 Å². The molecule has 0 aliphatic carbocycles. The van der Waals surface area contributed by atoms with Crippen LogP contribution in [0.5, 0.6) is 0 Å². The van der Waals surface area contributed by atoms with Crippen molar-refractivity contribution in [3.05, 3.63) is 11.6 Å². The Morgan fingerprint density at radius 2 is 2.24 bits per heavy atom. The average Bonchev–Trinajstić information content (AvgIpc) is 2.76. The number of hydrogen-bond acceptors (Lipinski definition) is 4. The summed E-state index contributed by atoms with van der Waals surface area (Å²) < 4.78 is 2.13. The molecule has 0 bridgehead atoms. The number of aromatic nitrogens is 3. The monoisotopic (exact) mass is 236 g/mol. The molecule has 17 heavy (non-hydrogen) atoms. The average molecular weight is 236 g/mol. The SMILES string of the molecule is OC1CCCn2c(CC3CCCNC3)nnc21. The minimum Gasteiger partial charge on any atom is -0.385 e. The largest absolute Gasteiger partial charge is 0.385 e. The Hall–Kier alpha value is -0.940. The van der Waals surface area contributed by atoms with E-state index in [1.165, 1.54) is 12.8 Å². The molecule has 5 nitrogen and oxygen atoms in total. The van der Waals surface area contributed by atoms with Gasteiger partial charge in [0.15, 0.2) is 5.82 Å². The van der Waals surface area contributed by atoms with Crippen molar-refractivity contribution in [3.63, 3.8) is 0 Å². The van der Waals surface area contributed by atoms with Crippen LogP contribution < -0.4 is 5.32 Å². The second kappa shape index (κ2) is 4.74. The Morgan fingerprint density at radius 1 is 1.29 bits per heavy atom. The number of aliphatic hydroxyl groups excluding tert-OH is 1. The fourth-order valence-electron chi connectivity index (χ4n) is 2.92. The Morgan fingerprint density at radius 3 is 3.06 bits per heavy atom. The molecule has 1 fully saturated rings. The van der Waals surface area contributed by atoms with E-state index in [0.717, 1.165) is 50.5 Å². The minimum absolute atomic E-state index is 0.408. The number of aliphatic hydroxyl groups is 1. The second-order valence-electron chi connectivity index (χ2n) is 5.20. The summed E-state index contributed by atoms with van der Waals surface area (Å²) in [5.41, 5.74) is 0. The molecule has 2 atom stereocenters. The van der Waals surface area contributed by atoms with E-state index in [2.05, 4.69) is 20.1 Å². The molecule has 3 rings (SSSR count). The summed E-state index contributed by atoms with van der Waals surface area (Å²) in [6.07, 6.45) is 4.97. The first-order chi connectivity index (χ1) is 8.34. The molecule has 94 valence electrons. The van der Waals surface area contributed by atoms with Crippen LogP contribution in [0.25, 0.3) is 0 Å². The number of rotatable bonds is 2. The molecule has 2 N–H and O–H groups in total. The number of fused-ring (bicyclic) bond motifs is 1. The molecule has 0 spiro atoms. The smallest absolute Gasteiger partial charge is 0.161 e. The summed E-state index contributed by atoms with van der Waals surface area (Å²) in [5.74, 6) is 2.51. The maximum atomic E-state index is 9.84. The maximum Gasteiger partial charge on any atom is 0.161 e. The standard InChI is InChI=1S/C12H20N4O/c17-10-4-2-6-16-11(14-15-12(10)16)7-9-3-1-5-13-8-9/h9-10,13,17H,1-8H2. The van der Waals surface area contributed by atoms with Gasteiger partial charge in [-0.25, -0.2) is 0 Å². The third-order valence-electron chi connectivity index (χ3n) is 3.88. The van der Waals surface area contributed by atoms with Gasteiger partial charge in [0.2, 0.25) is 0 Å². The number of piperidine rings is 1. The lowest BCUT2D eigenvalue weighted by Gasteiger charge is -2.24. The van der Waals surface area contributed by atoms with Crippen molar-refractivity contribution in [2.24, 2.45) is 5.92 Å². The molecule has 1 saturated heterocycles. The topological polar surface area (TPSA) is 63.0 Å². The van der Waals surface area contributed by atoms with E-state index in [9.17, 15) is 5.11 Å². The molecular formula is C12H20N4O. The highest BCUT2D eigenvalue weighted by molar-refractivity contribution is 5.03. The number of hydrogen-bond donors (Lipinski definition) is 2. The van der Waals surface area contributed by atoms with Gasteiger partial charge in [-0.15, -0.1) is 10.2 Å². The lowest BCUT2D eigenvalue weighted by Crippen LogP contribution is -2.31. The van der Waals surface area contributed by atoms with E-state index < -0.39 is 6.10 Å². The highest BCUT2D eigenvalue weighted by atomic mass is 16.3. The zero-order valence-corrected chi connectivity index (χ0v) is 10.1. The predicted octanol–water partition coefficient (Wildman–Crippen LogP) is 0.647. The second-order valence-corrected chi connectivity index (χ2v) is 5.20. The van der Waals surface area contributed by atoms with Gasteiger partial charge in [-0.05, 0) is 44.7 Å². The molecule has 2 unspecified atom stereocenters. The minimum atomic E-state index is -0.408. The molecule has 0 radical (unpaired) electrons. The van der Waals surface area contributed by atoms with E-state index in [4.69, 9.17) is 0 Å². The molecule has 5 heteroatoms. The summed E-state index contributed by atoms with van der Waals surface area (Å²) >= 11 is 0. The summed E-state index contributed by atoms with van der Waals surface area (Å²) in [7, 11) is 0. The zero-order chi connectivity index (χ0) is 11.7. The molecule has 0 aromatic carbocycles. The molecule has 2 aliphatic heterocycles. The van der Waals surface area contributed by atoms with Crippen LogP contribution in [-0.2, 0) is 13.0 Å². The Labute approximate surface area is 101 Å². The van der Waals surface area contributed by atoms with Crippen molar-refractivity contribution in [3.8, 4) is 0 Å². The molecule has 1 aromatic rings. The molecule has 0 saturated carbocycles. The molecule has 2 aliphatic rings. The van der Waals surface area contributed by atoms with E-state index in [-0.39, 0.29) is 0 Å². The van der Waals surface area contributed by atoms with Gasteiger partial charge in [-0.2, -0.15) is 0 Å². The highest BCUT2D eigenvalue weighted by Gasteiger charge is 2.25. The van der Waals surface area contributed by atoms with Crippen molar-refractivity contribution in [2.45, 2.75) is 44.8 Å². The fourth-order valence-corrected chi connectivity index (χ4v) is 2.92. The summed E-state index contributed by atoms with van der Waals surface area (Å²) in [6, 6.07) is 0. The van der Waals surface area contributed by atoms with Gasteiger partial charge in [0, 0.05) is 13.0 Å². The van der Waals surface area contributed by atoms with Gasteiger partial charge in [-0.1, -0.05) is 0 Å². The Kier molecular flexibility index (Phi) is 3.11. The lowest BCUT2D eigenvalue weighted by molar-refractivity contribution is 0.132. The van der Waals surface area contributed by atoms with Crippen LogP contribution in [0.2, 0.25) is 0 Å². The van der Waals surface area contributed by atoms with Gasteiger partial charge in [0.1, 0.15) is 11.9 Å². The van der Waals surface area contributed by atoms with Crippen molar-refractivity contribution < 1.29 is 5.11 Å². The zero-order valence-electron chi connectivity index (χ0n) is 10.1. The van der Waals surface area contributed by atoms with E-state index in [1.807, 2.05) is 0 Å². The van der Waals surface area contributed by atoms with Crippen LogP contribution in [0.4, 0.5) is 0 Å². The normalized spacial score (nSPS) is 29.0. The molecule has 1 aromatic heterocycles. The van der Waals surface area contributed by atoms with Gasteiger partial charge < -0.3 is 15.0 Å². The maximum absolute atomic E-state index is 9.84. The van der Waals surface area contributed by atoms with Gasteiger partial charge in [0.25, 0.3) is 0 Å². The van der Waals surface area contributed by atoms with E-state index in [1.54, 1.807) is 0 Å². The van der Waals surface area contributed by atoms with Crippen LogP contribution in [0, 0.1) is 5.92 Å². The van der Waals surface area contributed by atoms with Crippen LogP contribution in [0.1, 0.15) is 43.4 Å². The van der Waals surface area contributed by atoms with Crippen LogP contribution in [-0.4, -0.2) is 33.0 Å². The summed E-state index contributed by atoms with van der Waals surface area (Å²) in [6.45, 7) is 3.20. The van der Waals surface area contributed by atoms with Crippen molar-refractivity contribution in [1.29, 1.82) is 0 Å².